The van der Waals surface area contributed by atoms with Crippen molar-refractivity contribution in [2.45, 2.75) is 13.5 Å². The Kier molecular flexibility index (Phi) is 5.54. The highest BCUT2D eigenvalue weighted by atomic mass is 35.5. The lowest BCUT2D eigenvalue weighted by Gasteiger charge is -2.09. The van der Waals surface area contributed by atoms with Crippen LogP contribution in [0.1, 0.15) is 21.5 Å². The number of nitro benzene ring substituents is 1. The lowest BCUT2D eigenvalue weighted by Crippen LogP contribution is -2.24. The van der Waals surface area contributed by atoms with E-state index in [1.165, 1.54) is 16.7 Å². The van der Waals surface area contributed by atoms with Crippen LogP contribution in [0.5, 0.6) is 0 Å². The lowest BCUT2D eigenvalue weighted by atomic mass is 10.1. The Morgan fingerprint density at radius 3 is 2.46 bits per heavy atom. The monoisotopic (exact) mass is 486 g/mol. The number of aryl methyl sites for hydroxylation is 1. The van der Waals surface area contributed by atoms with E-state index in [1.807, 2.05) is 43.3 Å². The molecule has 1 amide bonds. The summed E-state index contributed by atoms with van der Waals surface area (Å²) in [6, 6.07) is 19.3. The van der Waals surface area contributed by atoms with Crippen molar-refractivity contribution in [3.05, 3.63) is 98.6 Å². The number of nitrogen functional groups attached to an aromatic ring is 1. The van der Waals surface area contributed by atoms with Crippen LogP contribution in [0.15, 0.2) is 66.7 Å². The molecule has 9 nitrogen and oxygen atoms in total. The average Bonchev–Trinajstić information content (AvgIpc) is 3.13. The van der Waals surface area contributed by atoms with E-state index in [4.69, 9.17) is 17.3 Å². The van der Waals surface area contributed by atoms with Crippen LogP contribution in [0.25, 0.3) is 27.9 Å². The minimum Gasteiger partial charge on any atom is -0.384 e. The summed E-state index contributed by atoms with van der Waals surface area (Å²) in [5, 5.41) is 14.3. The third kappa shape index (κ3) is 4.02. The molecule has 174 valence electrons. The number of amides is 1. The predicted molar refractivity (Wildman–Crippen MR) is 135 cm³/mol. The maximum atomic E-state index is 13.3. The second-order valence-corrected chi connectivity index (χ2v) is 8.45. The van der Waals surface area contributed by atoms with Gasteiger partial charge in [0.1, 0.15) is 21.9 Å². The van der Waals surface area contributed by atoms with Gasteiger partial charge in [0.25, 0.3) is 11.6 Å². The molecular formula is C25H19ClN6O3. The largest absolute Gasteiger partial charge is 0.384 e. The molecule has 5 rings (SSSR count). The molecule has 0 atom stereocenters. The fourth-order valence-electron chi connectivity index (χ4n) is 3.90. The number of anilines is 1. The number of rotatable bonds is 5. The molecular weight excluding hydrogens is 468 g/mol. The minimum absolute atomic E-state index is 0.0126. The fraction of sp³-hybridized carbons (Fsp3) is 0.0800. The number of carbonyl (C=O) groups excluding carboxylic acids is 1. The molecule has 35 heavy (non-hydrogen) atoms. The van der Waals surface area contributed by atoms with E-state index in [9.17, 15) is 14.9 Å². The number of para-hydroxylation sites is 2. The number of carbonyl (C=O) groups is 1. The lowest BCUT2D eigenvalue weighted by molar-refractivity contribution is -0.384. The molecule has 10 heteroatoms. The highest BCUT2D eigenvalue weighted by molar-refractivity contribution is 6.32. The second kappa shape index (κ2) is 8.69. The molecule has 0 unspecified atom stereocenters. The van der Waals surface area contributed by atoms with Gasteiger partial charge in [0.05, 0.1) is 21.6 Å². The standard InChI is InChI=1S/C25H19ClN6O3/c1-14-6-8-15(9-7-14)13-28-25(33)21-22-24(30-19-5-3-2-4-18(19)29-22)31(23(21)27)16-10-11-17(26)20(12-16)32(34)35/h2-12H,13,27H2,1H3,(H,28,33). The number of hydrogen-bond acceptors (Lipinski definition) is 6. The maximum absolute atomic E-state index is 13.3. The summed E-state index contributed by atoms with van der Waals surface area (Å²) in [4.78, 5) is 33.6. The Hall–Kier alpha value is -4.50. The van der Waals surface area contributed by atoms with Crippen molar-refractivity contribution >= 4 is 51.2 Å². The minimum atomic E-state index is -0.579. The highest BCUT2D eigenvalue weighted by Crippen LogP contribution is 2.34. The first-order valence-corrected chi connectivity index (χ1v) is 11.1. The molecule has 0 fully saturated rings. The number of nitrogens with zero attached hydrogens (tertiary/aromatic N) is 4. The summed E-state index contributed by atoms with van der Waals surface area (Å²) in [5.41, 5.74) is 10.5. The summed E-state index contributed by atoms with van der Waals surface area (Å²) >= 11 is 6.01. The van der Waals surface area contributed by atoms with Crippen LogP contribution < -0.4 is 11.1 Å². The Morgan fingerprint density at radius 2 is 1.77 bits per heavy atom. The van der Waals surface area contributed by atoms with Gasteiger partial charge in [-0.2, -0.15) is 0 Å². The van der Waals surface area contributed by atoms with Crippen LogP contribution in [0.4, 0.5) is 11.5 Å². The number of aromatic nitrogens is 3. The average molecular weight is 487 g/mol. The number of hydrogen-bond donors (Lipinski definition) is 2. The molecule has 2 aromatic heterocycles. The first-order valence-electron chi connectivity index (χ1n) is 10.7. The van der Waals surface area contributed by atoms with Gasteiger partial charge in [-0.3, -0.25) is 19.5 Å². The van der Waals surface area contributed by atoms with Gasteiger partial charge in [-0.1, -0.05) is 53.6 Å². The summed E-state index contributed by atoms with van der Waals surface area (Å²) < 4.78 is 1.49. The molecule has 5 aromatic rings. The second-order valence-electron chi connectivity index (χ2n) is 8.04. The topological polar surface area (TPSA) is 129 Å². The van der Waals surface area contributed by atoms with E-state index in [0.717, 1.165) is 11.1 Å². The van der Waals surface area contributed by atoms with Gasteiger partial charge in [0.2, 0.25) is 0 Å². The molecule has 0 aliphatic carbocycles. The van der Waals surface area contributed by atoms with Crippen molar-refractivity contribution in [3.8, 4) is 5.69 Å². The van der Waals surface area contributed by atoms with Gasteiger partial charge < -0.3 is 11.1 Å². The van der Waals surface area contributed by atoms with Crippen molar-refractivity contribution in [1.82, 2.24) is 19.9 Å². The van der Waals surface area contributed by atoms with Crippen molar-refractivity contribution in [1.29, 1.82) is 0 Å². The third-order valence-electron chi connectivity index (χ3n) is 5.68. The summed E-state index contributed by atoms with van der Waals surface area (Å²) in [7, 11) is 0. The Balaban J connectivity index is 1.67. The van der Waals surface area contributed by atoms with Crippen molar-refractivity contribution in [3.63, 3.8) is 0 Å². The smallest absolute Gasteiger partial charge is 0.289 e. The van der Waals surface area contributed by atoms with Crippen LogP contribution in [0.3, 0.4) is 0 Å². The van der Waals surface area contributed by atoms with Gasteiger partial charge in [-0.15, -0.1) is 0 Å². The molecule has 2 heterocycles. The zero-order valence-electron chi connectivity index (χ0n) is 18.5. The van der Waals surface area contributed by atoms with Crippen LogP contribution >= 0.6 is 11.6 Å². The summed E-state index contributed by atoms with van der Waals surface area (Å²) in [6.07, 6.45) is 0. The Morgan fingerprint density at radius 1 is 1.09 bits per heavy atom. The highest BCUT2D eigenvalue weighted by Gasteiger charge is 2.26. The predicted octanol–water partition coefficient (Wildman–Crippen LogP) is 4.96. The quantitative estimate of drug-likeness (QED) is 0.267. The number of nitro groups is 1. The van der Waals surface area contributed by atoms with Crippen LogP contribution in [0, 0.1) is 17.0 Å². The van der Waals surface area contributed by atoms with Gasteiger partial charge in [0, 0.05) is 12.6 Å². The van der Waals surface area contributed by atoms with Gasteiger partial charge >= 0.3 is 0 Å². The zero-order chi connectivity index (χ0) is 24.7. The first-order chi connectivity index (χ1) is 16.8. The van der Waals surface area contributed by atoms with E-state index < -0.39 is 10.8 Å². The molecule has 0 saturated carbocycles. The molecule has 3 aromatic carbocycles. The van der Waals surface area contributed by atoms with E-state index in [1.54, 1.807) is 18.2 Å². The number of halogens is 1. The van der Waals surface area contributed by atoms with Gasteiger partial charge in [0.15, 0.2) is 5.65 Å². The maximum Gasteiger partial charge on any atom is 0.289 e. The van der Waals surface area contributed by atoms with Crippen LogP contribution in [-0.2, 0) is 6.54 Å². The number of nitrogens with one attached hydrogen (secondary N) is 1. The van der Waals surface area contributed by atoms with Gasteiger partial charge in [-0.05, 0) is 36.8 Å². The molecule has 0 spiro atoms. The van der Waals surface area contributed by atoms with Crippen LogP contribution in [0.2, 0.25) is 5.02 Å². The van der Waals surface area contributed by atoms with Gasteiger partial charge in [-0.25, -0.2) is 9.97 Å². The SMILES string of the molecule is Cc1ccc(CNC(=O)c2c(N)n(-c3ccc(Cl)c([N+](=O)[O-])c3)c3nc4ccccc4nc23)cc1. The van der Waals surface area contributed by atoms with E-state index in [-0.39, 0.29) is 22.1 Å². The molecule has 0 saturated heterocycles. The number of nitrogens with two attached hydrogens (primary N) is 1. The first kappa shape index (κ1) is 22.3. The third-order valence-corrected chi connectivity index (χ3v) is 6.00. The van der Waals surface area contributed by atoms with Crippen molar-refractivity contribution < 1.29 is 9.72 Å². The molecule has 0 aliphatic rings. The Bertz CT molecular complexity index is 1630. The number of fused-ring (bicyclic) bond motifs is 2. The molecule has 3 N–H and O–H groups in total. The molecule has 0 bridgehead atoms. The normalized spacial score (nSPS) is 11.1. The van der Waals surface area contributed by atoms with E-state index in [0.29, 0.717) is 34.4 Å². The van der Waals surface area contributed by atoms with Crippen molar-refractivity contribution in [2.75, 3.05) is 5.73 Å². The van der Waals surface area contributed by atoms with Crippen molar-refractivity contribution in [2.24, 2.45) is 0 Å². The number of benzene rings is 3. The summed E-state index contributed by atoms with van der Waals surface area (Å²) in [6.45, 7) is 2.28. The van der Waals surface area contributed by atoms with E-state index in [2.05, 4.69) is 15.3 Å². The Labute approximate surface area is 204 Å². The van der Waals surface area contributed by atoms with E-state index >= 15 is 0 Å². The fourth-order valence-corrected chi connectivity index (χ4v) is 4.09. The summed E-state index contributed by atoms with van der Waals surface area (Å²) in [5.74, 6) is -0.367. The molecule has 0 aliphatic heterocycles. The molecule has 0 radical (unpaired) electrons. The zero-order valence-corrected chi connectivity index (χ0v) is 19.3. The van der Waals surface area contributed by atoms with Crippen LogP contribution in [-0.4, -0.2) is 25.4 Å².